The molecule has 6 N–H and O–H groups in total. The SMILES string of the molecule is OC[C@@H](O)[C@@H](O)[C@H](O)[C@H](O)CO.[Fe+3]. The second kappa shape index (κ2) is 7.66. The van der Waals surface area contributed by atoms with Gasteiger partial charge in [-0.15, -0.1) is 0 Å². The molecule has 4 atom stereocenters. The Morgan fingerprint density at radius 2 is 0.923 bits per heavy atom. The minimum Gasteiger partial charge on any atom is -0.394 e. The molecule has 79 valence electrons. The first-order chi connectivity index (χ1) is 5.54. The zero-order chi connectivity index (χ0) is 9.72. The summed E-state index contributed by atoms with van der Waals surface area (Å²) in [4.78, 5) is 0. The summed E-state index contributed by atoms with van der Waals surface area (Å²) >= 11 is 0. The van der Waals surface area contributed by atoms with Crippen molar-refractivity contribution in [1.82, 2.24) is 0 Å². The molecule has 0 spiro atoms. The predicted molar refractivity (Wildman–Crippen MR) is 38.2 cm³/mol. The van der Waals surface area contributed by atoms with Crippen LogP contribution in [0.4, 0.5) is 0 Å². The molecule has 0 unspecified atom stereocenters. The fourth-order valence-electron chi connectivity index (χ4n) is 0.671. The zero-order valence-corrected chi connectivity index (χ0v) is 7.86. The predicted octanol–water partition coefficient (Wildman–Crippen LogP) is -3.59. The van der Waals surface area contributed by atoms with Gasteiger partial charge in [-0.25, -0.2) is 0 Å². The summed E-state index contributed by atoms with van der Waals surface area (Å²) in [7, 11) is 0. The Bertz CT molecular complexity index is 110. The van der Waals surface area contributed by atoms with Crippen LogP contribution in [-0.2, 0) is 17.1 Å². The van der Waals surface area contributed by atoms with E-state index in [2.05, 4.69) is 0 Å². The average molecular weight is 238 g/mol. The Kier molecular flexibility index (Phi) is 9.28. The summed E-state index contributed by atoms with van der Waals surface area (Å²) in [5.74, 6) is 0. The Hall–Kier alpha value is 0.279. The van der Waals surface area contributed by atoms with Crippen LogP contribution in [0.1, 0.15) is 0 Å². The van der Waals surface area contributed by atoms with E-state index >= 15 is 0 Å². The first kappa shape index (κ1) is 15.7. The summed E-state index contributed by atoms with van der Waals surface area (Å²) in [5, 5.41) is 52.2. The summed E-state index contributed by atoms with van der Waals surface area (Å²) in [6.45, 7) is -1.45. The van der Waals surface area contributed by atoms with Crippen molar-refractivity contribution < 1.29 is 47.7 Å². The third-order valence-electron chi connectivity index (χ3n) is 1.51. The first-order valence-corrected chi connectivity index (χ1v) is 3.48. The van der Waals surface area contributed by atoms with Crippen LogP contribution >= 0.6 is 0 Å². The van der Waals surface area contributed by atoms with Crippen LogP contribution in [-0.4, -0.2) is 68.3 Å². The molecule has 0 aliphatic rings. The van der Waals surface area contributed by atoms with Crippen LogP contribution < -0.4 is 0 Å². The molecule has 6 nitrogen and oxygen atoms in total. The van der Waals surface area contributed by atoms with Crippen molar-refractivity contribution >= 4 is 0 Å². The Balaban J connectivity index is 0. The van der Waals surface area contributed by atoms with Gasteiger partial charge in [0.25, 0.3) is 0 Å². The van der Waals surface area contributed by atoms with Gasteiger partial charge in [-0.2, -0.15) is 0 Å². The van der Waals surface area contributed by atoms with Gasteiger partial charge in [-0.3, -0.25) is 0 Å². The molecular formula is C6H14FeO6+3. The van der Waals surface area contributed by atoms with Gasteiger partial charge in [-0.05, 0) is 0 Å². The smallest absolute Gasteiger partial charge is 0.394 e. The van der Waals surface area contributed by atoms with E-state index in [1.54, 1.807) is 0 Å². The van der Waals surface area contributed by atoms with Crippen molar-refractivity contribution in [3.8, 4) is 0 Å². The molecule has 0 saturated carbocycles. The van der Waals surface area contributed by atoms with Crippen LogP contribution in [0.2, 0.25) is 0 Å². The molecule has 0 saturated heterocycles. The van der Waals surface area contributed by atoms with Crippen molar-refractivity contribution in [3.05, 3.63) is 0 Å². The molecule has 0 aliphatic carbocycles. The topological polar surface area (TPSA) is 121 Å². The third kappa shape index (κ3) is 4.90. The summed E-state index contributed by atoms with van der Waals surface area (Å²) < 4.78 is 0. The number of hydrogen-bond donors (Lipinski definition) is 6. The van der Waals surface area contributed by atoms with Gasteiger partial charge in [0.1, 0.15) is 24.4 Å². The van der Waals surface area contributed by atoms with E-state index in [-0.39, 0.29) is 17.1 Å². The minimum atomic E-state index is -1.67. The molecule has 0 aromatic rings. The van der Waals surface area contributed by atoms with Gasteiger partial charge in [0.05, 0.1) is 13.2 Å². The fourth-order valence-corrected chi connectivity index (χ4v) is 0.671. The maximum Gasteiger partial charge on any atom is 3.00 e. The molecule has 13 heavy (non-hydrogen) atoms. The molecule has 7 heteroatoms. The summed E-state index contributed by atoms with van der Waals surface area (Å²) in [6, 6.07) is 0. The second-order valence-electron chi connectivity index (χ2n) is 2.48. The number of aliphatic hydroxyl groups is 6. The molecule has 0 aromatic heterocycles. The van der Waals surface area contributed by atoms with Gasteiger partial charge < -0.3 is 30.6 Å². The van der Waals surface area contributed by atoms with E-state index in [9.17, 15) is 0 Å². The average Bonchev–Trinajstić information content (AvgIpc) is 2.12. The molecule has 0 aromatic carbocycles. The van der Waals surface area contributed by atoms with E-state index in [4.69, 9.17) is 30.6 Å². The monoisotopic (exact) mass is 238 g/mol. The van der Waals surface area contributed by atoms with E-state index in [0.29, 0.717) is 0 Å². The molecule has 0 bridgehead atoms. The molecule has 1 radical (unpaired) electrons. The van der Waals surface area contributed by atoms with E-state index in [1.807, 2.05) is 0 Å². The molecule has 0 rings (SSSR count). The molecule has 0 aliphatic heterocycles. The maximum atomic E-state index is 8.96. The van der Waals surface area contributed by atoms with Gasteiger partial charge >= 0.3 is 17.1 Å². The van der Waals surface area contributed by atoms with Gasteiger partial charge in [-0.1, -0.05) is 0 Å². The van der Waals surface area contributed by atoms with Crippen molar-refractivity contribution in [2.24, 2.45) is 0 Å². The number of hydrogen-bond acceptors (Lipinski definition) is 6. The normalized spacial score (nSPS) is 19.8. The molecule has 0 fully saturated rings. The second-order valence-corrected chi connectivity index (χ2v) is 2.48. The largest absolute Gasteiger partial charge is 3.00 e. The van der Waals surface area contributed by atoms with Gasteiger partial charge in [0.15, 0.2) is 0 Å². The summed E-state index contributed by atoms with van der Waals surface area (Å²) in [5.41, 5.74) is 0. The standard InChI is InChI=1S/C6H14O6.Fe/c7-1-3(9)5(11)6(12)4(10)2-8;/h3-12H,1-2H2;/q;+3/t3-,4-,5-,6-;/m1./s1. The zero-order valence-electron chi connectivity index (χ0n) is 6.76. The van der Waals surface area contributed by atoms with Gasteiger partial charge in [0, 0.05) is 0 Å². The van der Waals surface area contributed by atoms with Gasteiger partial charge in [0.2, 0.25) is 0 Å². The van der Waals surface area contributed by atoms with Crippen LogP contribution in [0.15, 0.2) is 0 Å². The fraction of sp³-hybridized carbons (Fsp3) is 1.00. The minimum absolute atomic E-state index is 0. The summed E-state index contributed by atoms with van der Waals surface area (Å²) in [6.07, 6.45) is -6.39. The van der Waals surface area contributed by atoms with Crippen LogP contribution in [0.3, 0.4) is 0 Å². The maximum absolute atomic E-state index is 8.96. The Morgan fingerprint density at radius 1 is 0.692 bits per heavy atom. The van der Waals surface area contributed by atoms with E-state index in [0.717, 1.165) is 0 Å². The van der Waals surface area contributed by atoms with E-state index < -0.39 is 37.6 Å². The van der Waals surface area contributed by atoms with Crippen LogP contribution in [0.5, 0.6) is 0 Å². The Labute approximate surface area is 85.9 Å². The number of rotatable bonds is 5. The third-order valence-corrected chi connectivity index (χ3v) is 1.51. The van der Waals surface area contributed by atoms with Crippen molar-refractivity contribution in [2.75, 3.05) is 13.2 Å². The van der Waals surface area contributed by atoms with E-state index in [1.165, 1.54) is 0 Å². The van der Waals surface area contributed by atoms with Crippen molar-refractivity contribution in [3.63, 3.8) is 0 Å². The quantitative estimate of drug-likeness (QED) is 0.275. The first-order valence-electron chi connectivity index (χ1n) is 3.48. The number of aliphatic hydroxyl groups excluding tert-OH is 6. The molecule has 0 amide bonds. The van der Waals surface area contributed by atoms with Crippen LogP contribution in [0, 0.1) is 0 Å². The van der Waals surface area contributed by atoms with Crippen LogP contribution in [0.25, 0.3) is 0 Å². The molecule has 0 heterocycles. The molecular weight excluding hydrogens is 224 g/mol. The Morgan fingerprint density at radius 3 is 1.08 bits per heavy atom. The van der Waals surface area contributed by atoms with Crippen molar-refractivity contribution in [2.45, 2.75) is 24.4 Å². The van der Waals surface area contributed by atoms with Crippen molar-refractivity contribution in [1.29, 1.82) is 0 Å².